The third-order valence-electron chi connectivity index (χ3n) is 6.55. The number of amides is 1. The van der Waals surface area contributed by atoms with E-state index in [1.54, 1.807) is 4.68 Å². The largest absolute Gasteiger partial charge is 0.343 e. The second-order valence-electron chi connectivity index (χ2n) is 9.00. The van der Waals surface area contributed by atoms with Gasteiger partial charge >= 0.3 is 0 Å². The molecule has 0 atom stereocenters. The Morgan fingerprint density at radius 2 is 1.76 bits per heavy atom. The molecule has 1 aliphatic rings. The molecule has 1 fully saturated rings. The first kappa shape index (κ1) is 22.0. The van der Waals surface area contributed by atoms with Crippen LogP contribution >= 0.6 is 0 Å². The molecule has 1 amide bonds. The van der Waals surface area contributed by atoms with Gasteiger partial charge in [-0.2, -0.15) is 0 Å². The predicted octanol–water partition coefficient (Wildman–Crippen LogP) is 3.21. The van der Waals surface area contributed by atoms with Gasteiger partial charge in [0.05, 0.1) is 6.54 Å². The van der Waals surface area contributed by atoms with Gasteiger partial charge in [0.15, 0.2) is 11.2 Å². The van der Waals surface area contributed by atoms with Crippen molar-refractivity contribution in [3.05, 3.63) is 87.5 Å². The van der Waals surface area contributed by atoms with Crippen molar-refractivity contribution >= 4 is 17.1 Å². The Labute approximate surface area is 197 Å². The van der Waals surface area contributed by atoms with Crippen LogP contribution in [-0.2, 0) is 17.8 Å². The number of nitrogens with zero attached hydrogens (tertiary/aromatic N) is 5. The standard InChI is InChI=1S/C26H28N6O2/c1-18-7-9-20(10-8-18)17-32-25-23(29-30-32)26(34)28-24(27-25)21-13-15-31(16-14-21)22(33)12-11-19-5-3-2-4-6-19/h2-10,21H,11-17H2,1H3,(H,27,28,34). The van der Waals surface area contributed by atoms with Gasteiger partial charge in [-0.1, -0.05) is 65.4 Å². The fourth-order valence-electron chi connectivity index (χ4n) is 4.51. The van der Waals surface area contributed by atoms with Crippen molar-refractivity contribution in [3.63, 3.8) is 0 Å². The Hall–Kier alpha value is -3.81. The molecule has 8 heteroatoms. The predicted molar refractivity (Wildman–Crippen MR) is 130 cm³/mol. The maximum atomic E-state index is 12.7. The molecular weight excluding hydrogens is 428 g/mol. The Morgan fingerprint density at radius 1 is 1.03 bits per heavy atom. The number of nitrogens with one attached hydrogen (secondary N) is 1. The van der Waals surface area contributed by atoms with Crippen LogP contribution < -0.4 is 5.56 Å². The highest BCUT2D eigenvalue weighted by Crippen LogP contribution is 2.26. The number of piperidine rings is 1. The van der Waals surface area contributed by atoms with Crippen LogP contribution in [0.3, 0.4) is 0 Å². The molecule has 2 aromatic heterocycles. The van der Waals surface area contributed by atoms with Crippen LogP contribution in [-0.4, -0.2) is 48.9 Å². The third kappa shape index (κ3) is 4.76. The SMILES string of the molecule is Cc1ccc(Cn2nnc3c(=O)[nH]c(C4CCN(C(=O)CCc5ccccc5)CC4)nc32)cc1. The second kappa shape index (κ2) is 9.59. The van der Waals surface area contributed by atoms with E-state index in [2.05, 4.69) is 39.6 Å². The van der Waals surface area contributed by atoms with E-state index >= 15 is 0 Å². The Kier molecular flexibility index (Phi) is 6.20. The number of hydrogen-bond acceptors (Lipinski definition) is 5. The highest BCUT2D eigenvalue weighted by Gasteiger charge is 2.26. The number of carbonyl (C=O) groups excluding carboxylic acids is 1. The lowest BCUT2D eigenvalue weighted by atomic mass is 9.95. The molecule has 2 aromatic carbocycles. The highest BCUT2D eigenvalue weighted by molar-refractivity contribution is 5.76. The first-order chi connectivity index (χ1) is 16.6. The number of hydrogen-bond donors (Lipinski definition) is 1. The summed E-state index contributed by atoms with van der Waals surface area (Å²) in [5, 5.41) is 8.22. The number of H-pyrrole nitrogens is 1. The van der Waals surface area contributed by atoms with Gasteiger partial charge in [-0.05, 0) is 37.3 Å². The zero-order valence-corrected chi connectivity index (χ0v) is 19.3. The van der Waals surface area contributed by atoms with Gasteiger partial charge < -0.3 is 9.88 Å². The monoisotopic (exact) mass is 456 g/mol. The van der Waals surface area contributed by atoms with Crippen molar-refractivity contribution in [2.45, 2.75) is 45.1 Å². The fourth-order valence-corrected chi connectivity index (χ4v) is 4.51. The molecule has 174 valence electrons. The summed E-state index contributed by atoms with van der Waals surface area (Å²) in [7, 11) is 0. The molecule has 5 rings (SSSR count). The molecule has 3 heterocycles. The van der Waals surface area contributed by atoms with Gasteiger partial charge in [-0.3, -0.25) is 9.59 Å². The van der Waals surface area contributed by atoms with Crippen LogP contribution in [0.2, 0.25) is 0 Å². The minimum Gasteiger partial charge on any atom is -0.343 e. The molecule has 1 aliphatic heterocycles. The van der Waals surface area contributed by atoms with Crippen LogP contribution in [0.25, 0.3) is 11.2 Å². The molecule has 0 unspecified atom stereocenters. The molecule has 34 heavy (non-hydrogen) atoms. The summed E-state index contributed by atoms with van der Waals surface area (Å²) >= 11 is 0. The van der Waals surface area contributed by atoms with Crippen LogP contribution in [0.1, 0.15) is 47.7 Å². The average molecular weight is 457 g/mol. The fraction of sp³-hybridized carbons (Fsp3) is 0.346. The minimum atomic E-state index is -0.267. The van der Waals surface area contributed by atoms with E-state index in [9.17, 15) is 9.59 Å². The molecule has 0 spiro atoms. The summed E-state index contributed by atoms with van der Waals surface area (Å²) in [5.41, 5.74) is 3.93. The maximum Gasteiger partial charge on any atom is 0.281 e. The van der Waals surface area contributed by atoms with Crippen molar-refractivity contribution in [1.29, 1.82) is 0 Å². The van der Waals surface area contributed by atoms with Gasteiger partial charge in [0.1, 0.15) is 5.82 Å². The number of aryl methyl sites for hydroxylation is 2. The molecule has 4 aromatic rings. The molecular formula is C26H28N6O2. The van der Waals surface area contributed by atoms with Crippen LogP contribution in [0.15, 0.2) is 59.4 Å². The lowest BCUT2D eigenvalue weighted by molar-refractivity contribution is -0.132. The zero-order valence-electron chi connectivity index (χ0n) is 19.3. The van der Waals surface area contributed by atoms with Gasteiger partial charge in [0, 0.05) is 25.4 Å². The molecule has 1 N–H and O–H groups in total. The summed E-state index contributed by atoms with van der Waals surface area (Å²) in [6.07, 6.45) is 2.80. The average Bonchev–Trinajstić information content (AvgIpc) is 3.28. The van der Waals surface area contributed by atoms with Crippen molar-refractivity contribution in [3.8, 4) is 0 Å². The Morgan fingerprint density at radius 3 is 2.50 bits per heavy atom. The second-order valence-corrected chi connectivity index (χ2v) is 9.00. The van der Waals surface area contributed by atoms with Crippen molar-refractivity contribution in [2.24, 2.45) is 0 Å². The van der Waals surface area contributed by atoms with E-state index in [0.717, 1.165) is 24.8 Å². The molecule has 0 radical (unpaired) electrons. The number of benzene rings is 2. The van der Waals surface area contributed by atoms with Crippen LogP contribution in [0, 0.1) is 6.92 Å². The zero-order chi connectivity index (χ0) is 23.5. The third-order valence-corrected chi connectivity index (χ3v) is 6.55. The molecule has 0 saturated carbocycles. The van der Waals surface area contributed by atoms with E-state index < -0.39 is 0 Å². The number of aromatic nitrogens is 5. The smallest absolute Gasteiger partial charge is 0.281 e. The summed E-state index contributed by atoms with van der Waals surface area (Å²) in [4.78, 5) is 34.9. The molecule has 1 saturated heterocycles. The van der Waals surface area contributed by atoms with Crippen molar-refractivity contribution < 1.29 is 4.79 Å². The summed E-state index contributed by atoms with van der Waals surface area (Å²) in [6, 6.07) is 18.3. The van der Waals surface area contributed by atoms with Gasteiger partial charge in [-0.25, -0.2) is 9.67 Å². The molecule has 8 nitrogen and oxygen atoms in total. The van der Waals surface area contributed by atoms with E-state index in [1.165, 1.54) is 11.1 Å². The normalized spacial score (nSPS) is 14.6. The van der Waals surface area contributed by atoms with Crippen molar-refractivity contribution in [1.82, 2.24) is 29.9 Å². The number of carbonyl (C=O) groups is 1. The Bertz CT molecular complexity index is 1340. The summed E-state index contributed by atoms with van der Waals surface area (Å²) in [5.74, 6) is 0.930. The van der Waals surface area contributed by atoms with Crippen LogP contribution in [0.4, 0.5) is 0 Å². The highest BCUT2D eigenvalue weighted by atomic mass is 16.2. The van der Waals surface area contributed by atoms with Crippen molar-refractivity contribution in [2.75, 3.05) is 13.1 Å². The molecule has 0 bridgehead atoms. The minimum absolute atomic E-state index is 0.0954. The van der Waals surface area contributed by atoms with E-state index in [0.29, 0.717) is 37.5 Å². The van der Waals surface area contributed by atoms with Gasteiger partial charge in [0.2, 0.25) is 5.91 Å². The van der Waals surface area contributed by atoms with E-state index in [4.69, 9.17) is 4.98 Å². The summed E-state index contributed by atoms with van der Waals surface area (Å²) in [6.45, 7) is 3.88. The van der Waals surface area contributed by atoms with E-state index in [1.807, 2.05) is 42.2 Å². The molecule has 0 aliphatic carbocycles. The first-order valence-electron chi connectivity index (χ1n) is 11.8. The number of aromatic amines is 1. The van der Waals surface area contributed by atoms with Crippen LogP contribution in [0.5, 0.6) is 0 Å². The number of fused-ring (bicyclic) bond motifs is 1. The van der Waals surface area contributed by atoms with E-state index in [-0.39, 0.29) is 22.9 Å². The Balaban J connectivity index is 1.26. The number of rotatable bonds is 6. The maximum absolute atomic E-state index is 12.7. The first-order valence-corrected chi connectivity index (χ1v) is 11.8. The van der Waals surface area contributed by atoms with Gasteiger partial charge in [-0.15, -0.1) is 5.10 Å². The quantitative estimate of drug-likeness (QED) is 0.481. The van der Waals surface area contributed by atoms with Gasteiger partial charge in [0.25, 0.3) is 5.56 Å². The number of likely N-dealkylation sites (tertiary alicyclic amines) is 1. The lowest BCUT2D eigenvalue weighted by Gasteiger charge is -2.31. The lowest BCUT2D eigenvalue weighted by Crippen LogP contribution is -2.38. The summed E-state index contributed by atoms with van der Waals surface area (Å²) < 4.78 is 1.68. The topological polar surface area (TPSA) is 96.8 Å².